The van der Waals surface area contributed by atoms with Gasteiger partial charge in [0.2, 0.25) is 11.7 Å². The average Bonchev–Trinajstić information content (AvgIpc) is 2.74. The van der Waals surface area contributed by atoms with E-state index in [4.69, 9.17) is 14.7 Å². The third-order valence-electron chi connectivity index (χ3n) is 2.87. The Morgan fingerprint density at radius 3 is 2.93 bits per heavy atom. The maximum Gasteiger partial charge on any atom is 0.238 e. The van der Waals surface area contributed by atoms with Crippen molar-refractivity contribution in [2.75, 3.05) is 6.54 Å². The molecule has 0 atom stereocenters. The van der Waals surface area contributed by atoms with Crippen LogP contribution in [0.4, 0.5) is 0 Å². The van der Waals surface area contributed by atoms with E-state index in [-0.39, 0.29) is 5.41 Å². The minimum Gasteiger partial charge on any atom is -0.461 e. The van der Waals surface area contributed by atoms with E-state index in [1.54, 1.807) is 18.4 Å². The lowest BCUT2D eigenvalue weighted by Gasteiger charge is -2.03. The van der Waals surface area contributed by atoms with Crippen molar-refractivity contribution in [3.63, 3.8) is 0 Å². The molecule has 2 aromatic rings. The first-order chi connectivity index (χ1) is 7.34. The first-order valence-electron chi connectivity index (χ1n) is 4.92. The first-order valence-corrected chi connectivity index (χ1v) is 4.92. The van der Waals surface area contributed by atoms with Crippen LogP contribution < -0.4 is 5.73 Å². The van der Waals surface area contributed by atoms with E-state index in [1.165, 1.54) is 0 Å². The van der Waals surface area contributed by atoms with Gasteiger partial charge in [-0.3, -0.25) is 0 Å². The van der Waals surface area contributed by atoms with Crippen LogP contribution in [0.15, 0.2) is 27.3 Å². The Balaban J connectivity index is 1.95. The van der Waals surface area contributed by atoms with Crippen molar-refractivity contribution in [1.29, 1.82) is 0 Å². The van der Waals surface area contributed by atoms with Crippen LogP contribution in [0.3, 0.4) is 0 Å². The molecule has 0 aromatic carbocycles. The predicted octanol–water partition coefficient (Wildman–Crippen LogP) is 1.32. The number of furan rings is 1. The standard InChI is InChI=1S/C10H11N3O2/c11-6-10(3-4-10)9-12-8(13-15-9)7-2-1-5-14-7/h1-2,5H,3-4,6,11H2. The predicted molar refractivity (Wildman–Crippen MR) is 52.0 cm³/mol. The van der Waals surface area contributed by atoms with E-state index in [2.05, 4.69) is 10.1 Å². The molecule has 1 aliphatic carbocycles. The Hall–Kier alpha value is -1.62. The Bertz CT molecular complexity index is 457. The molecule has 2 heterocycles. The van der Waals surface area contributed by atoms with Crippen LogP contribution in [0, 0.1) is 0 Å². The summed E-state index contributed by atoms with van der Waals surface area (Å²) in [4.78, 5) is 4.31. The van der Waals surface area contributed by atoms with Gasteiger partial charge in [-0.2, -0.15) is 4.98 Å². The zero-order valence-corrected chi connectivity index (χ0v) is 8.14. The van der Waals surface area contributed by atoms with Crippen LogP contribution >= 0.6 is 0 Å². The molecule has 0 amide bonds. The van der Waals surface area contributed by atoms with Crippen molar-refractivity contribution in [3.8, 4) is 11.6 Å². The minimum absolute atomic E-state index is 0.0577. The summed E-state index contributed by atoms with van der Waals surface area (Å²) in [5, 5.41) is 3.88. The van der Waals surface area contributed by atoms with Crippen molar-refractivity contribution < 1.29 is 8.94 Å². The van der Waals surface area contributed by atoms with Crippen LogP contribution in [0.1, 0.15) is 18.7 Å². The maximum atomic E-state index is 5.68. The number of rotatable bonds is 3. The number of hydrogen-bond acceptors (Lipinski definition) is 5. The lowest BCUT2D eigenvalue weighted by atomic mass is 10.1. The maximum absolute atomic E-state index is 5.68. The monoisotopic (exact) mass is 205 g/mol. The second-order valence-electron chi connectivity index (χ2n) is 3.88. The summed E-state index contributed by atoms with van der Waals surface area (Å²) in [5.41, 5.74) is 5.62. The highest BCUT2D eigenvalue weighted by Crippen LogP contribution is 2.46. The van der Waals surface area contributed by atoms with Crippen LogP contribution in [-0.2, 0) is 5.41 Å². The molecule has 5 nitrogen and oxygen atoms in total. The van der Waals surface area contributed by atoms with Gasteiger partial charge in [-0.1, -0.05) is 5.16 Å². The zero-order chi connectivity index (χ0) is 10.3. The van der Waals surface area contributed by atoms with E-state index in [9.17, 15) is 0 Å². The van der Waals surface area contributed by atoms with Gasteiger partial charge in [0.15, 0.2) is 5.76 Å². The van der Waals surface area contributed by atoms with Crippen molar-refractivity contribution >= 4 is 0 Å². The van der Waals surface area contributed by atoms with Crippen molar-refractivity contribution in [1.82, 2.24) is 10.1 Å². The number of nitrogens with two attached hydrogens (primary N) is 1. The second-order valence-corrected chi connectivity index (χ2v) is 3.88. The van der Waals surface area contributed by atoms with Gasteiger partial charge >= 0.3 is 0 Å². The van der Waals surface area contributed by atoms with E-state index >= 15 is 0 Å². The van der Waals surface area contributed by atoms with Crippen LogP contribution in [0.2, 0.25) is 0 Å². The zero-order valence-electron chi connectivity index (χ0n) is 8.14. The molecule has 1 fully saturated rings. The van der Waals surface area contributed by atoms with Crippen LogP contribution in [0.5, 0.6) is 0 Å². The largest absolute Gasteiger partial charge is 0.461 e. The Labute approximate surface area is 86.3 Å². The first kappa shape index (κ1) is 8.67. The van der Waals surface area contributed by atoms with Gasteiger partial charge < -0.3 is 14.7 Å². The highest BCUT2D eigenvalue weighted by molar-refractivity contribution is 5.45. The molecule has 1 saturated carbocycles. The molecule has 0 saturated heterocycles. The number of hydrogen-bond donors (Lipinski definition) is 1. The lowest BCUT2D eigenvalue weighted by Crippen LogP contribution is -2.19. The third-order valence-corrected chi connectivity index (χ3v) is 2.87. The minimum atomic E-state index is -0.0577. The fraction of sp³-hybridized carbons (Fsp3) is 0.400. The molecule has 5 heteroatoms. The topological polar surface area (TPSA) is 78.1 Å². The third kappa shape index (κ3) is 1.27. The molecule has 0 bridgehead atoms. The molecule has 2 aromatic heterocycles. The Morgan fingerprint density at radius 1 is 1.47 bits per heavy atom. The molecule has 0 spiro atoms. The van der Waals surface area contributed by atoms with Gasteiger partial charge in [0, 0.05) is 6.54 Å². The molecule has 0 aliphatic heterocycles. The summed E-state index contributed by atoms with van der Waals surface area (Å²) in [6.07, 6.45) is 3.65. The Kier molecular flexibility index (Phi) is 1.70. The summed E-state index contributed by atoms with van der Waals surface area (Å²) < 4.78 is 10.4. The second kappa shape index (κ2) is 2.93. The van der Waals surface area contributed by atoms with E-state index in [0.29, 0.717) is 24.0 Å². The molecule has 3 rings (SSSR count). The summed E-state index contributed by atoms with van der Waals surface area (Å²) in [6.45, 7) is 0.562. The van der Waals surface area contributed by atoms with Crippen molar-refractivity contribution in [2.45, 2.75) is 18.3 Å². The summed E-state index contributed by atoms with van der Waals surface area (Å²) >= 11 is 0. The quantitative estimate of drug-likeness (QED) is 0.817. The highest BCUT2D eigenvalue weighted by Gasteiger charge is 2.48. The highest BCUT2D eigenvalue weighted by atomic mass is 16.5. The van der Waals surface area contributed by atoms with Gasteiger partial charge in [-0.25, -0.2) is 0 Å². The molecule has 1 aliphatic rings. The molecule has 15 heavy (non-hydrogen) atoms. The SMILES string of the molecule is NCC1(c2nc(-c3ccco3)no2)CC1. The van der Waals surface area contributed by atoms with Crippen LogP contribution in [-0.4, -0.2) is 16.7 Å². The smallest absolute Gasteiger partial charge is 0.238 e. The van der Waals surface area contributed by atoms with Crippen molar-refractivity contribution in [3.05, 3.63) is 24.3 Å². The van der Waals surface area contributed by atoms with E-state index in [0.717, 1.165) is 12.8 Å². The van der Waals surface area contributed by atoms with Gasteiger partial charge in [0.1, 0.15) is 0 Å². The fourth-order valence-electron chi connectivity index (χ4n) is 1.60. The number of aromatic nitrogens is 2. The fourth-order valence-corrected chi connectivity index (χ4v) is 1.60. The number of nitrogens with zero attached hydrogens (tertiary/aromatic N) is 2. The van der Waals surface area contributed by atoms with E-state index in [1.807, 2.05) is 0 Å². The Morgan fingerprint density at radius 2 is 2.33 bits per heavy atom. The summed E-state index contributed by atoms with van der Waals surface area (Å²) in [5.74, 6) is 1.75. The lowest BCUT2D eigenvalue weighted by molar-refractivity contribution is 0.346. The van der Waals surface area contributed by atoms with Gasteiger partial charge in [0.05, 0.1) is 11.7 Å². The average molecular weight is 205 g/mol. The molecule has 0 unspecified atom stereocenters. The molecule has 0 radical (unpaired) electrons. The summed E-state index contributed by atoms with van der Waals surface area (Å²) in [7, 11) is 0. The van der Waals surface area contributed by atoms with Crippen LogP contribution in [0.25, 0.3) is 11.6 Å². The van der Waals surface area contributed by atoms with Gasteiger partial charge in [-0.05, 0) is 25.0 Å². The van der Waals surface area contributed by atoms with E-state index < -0.39 is 0 Å². The molecular formula is C10H11N3O2. The van der Waals surface area contributed by atoms with Gasteiger partial charge in [-0.15, -0.1) is 0 Å². The molecular weight excluding hydrogens is 194 g/mol. The molecule has 2 N–H and O–H groups in total. The van der Waals surface area contributed by atoms with Crippen molar-refractivity contribution in [2.24, 2.45) is 5.73 Å². The molecule has 78 valence electrons. The summed E-state index contributed by atoms with van der Waals surface area (Å²) in [6, 6.07) is 3.60. The van der Waals surface area contributed by atoms with Gasteiger partial charge in [0.25, 0.3) is 0 Å². The normalized spacial score (nSPS) is 17.9.